The van der Waals surface area contributed by atoms with Crippen molar-refractivity contribution < 1.29 is 21.9 Å². The summed E-state index contributed by atoms with van der Waals surface area (Å²) in [5.74, 6) is 0. The van der Waals surface area contributed by atoms with Crippen LogP contribution in [0, 0.1) is 0 Å². The van der Waals surface area contributed by atoms with Gasteiger partial charge in [0, 0.05) is 0 Å². The molecule has 0 radical (unpaired) electrons. The summed E-state index contributed by atoms with van der Waals surface area (Å²) in [6, 6.07) is 6.62. The predicted octanol–water partition coefficient (Wildman–Crippen LogP) is 3.66. The molecule has 0 aliphatic heterocycles. The van der Waals surface area contributed by atoms with Crippen molar-refractivity contribution >= 4 is 15.0 Å². The normalized spacial score (nSPS) is 17.4. The van der Waals surface area contributed by atoms with Gasteiger partial charge in [0.1, 0.15) is 0 Å². The van der Waals surface area contributed by atoms with Crippen LogP contribution >= 0.6 is 0 Å². The molecule has 0 bridgehead atoms. The molecule has 0 aromatic heterocycles. The van der Waals surface area contributed by atoms with Crippen LogP contribution in [0.3, 0.4) is 0 Å². The summed E-state index contributed by atoms with van der Waals surface area (Å²) in [7, 11) is 0. The van der Waals surface area contributed by atoms with E-state index in [4.69, 9.17) is 0 Å². The summed E-state index contributed by atoms with van der Waals surface area (Å²) in [5.41, 5.74) is 5.74. The summed E-state index contributed by atoms with van der Waals surface area (Å²) in [4.78, 5) is 0. The minimum absolute atomic E-state index is 0. The van der Waals surface area contributed by atoms with E-state index in [1.807, 2.05) is 0 Å². The third-order valence-corrected chi connectivity index (χ3v) is 3.92. The van der Waals surface area contributed by atoms with Gasteiger partial charge in [-0.25, -0.2) is 0 Å². The van der Waals surface area contributed by atoms with E-state index in [2.05, 4.69) is 75.1 Å². The SMILES string of the molecule is [H-].[Ti][c]1cccc(C2=CC=CC2)c1C1=CC=CC1. The standard InChI is InChI=1S/C16H13.Ti.H/c1-2-8-13(7-1)15-11-5-6-12-16(15)14-9-3-4-10-14;;/h1-7,9,11H,8,10H2;;/q;;-1. The Morgan fingerprint density at radius 3 is 2.29 bits per heavy atom. The van der Waals surface area contributed by atoms with E-state index < -0.39 is 0 Å². The Morgan fingerprint density at radius 2 is 1.65 bits per heavy atom. The Morgan fingerprint density at radius 1 is 0.941 bits per heavy atom. The third kappa shape index (κ3) is 2.03. The predicted molar refractivity (Wildman–Crippen MR) is 70.7 cm³/mol. The van der Waals surface area contributed by atoms with E-state index in [0.717, 1.165) is 12.8 Å². The molecular weight excluding hydrogens is 240 g/mol. The maximum absolute atomic E-state index is 2.25. The van der Waals surface area contributed by atoms with Crippen molar-refractivity contribution in [2.24, 2.45) is 0 Å². The molecule has 1 heteroatoms. The molecule has 2 aliphatic carbocycles. The van der Waals surface area contributed by atoms with Gasteiger partial charge >= 0.3 is 114 Å². The van der Waals surface area contributed by atoms with Crippen molar-refractivity contribution in [2.75, 3.05) is 0 Å². The van der Waals surface area contributed by atoms with Crippen LogP contribution in [0.4, 0.5) is 0 Å². The number of hydrogen-bond acceptors (Lipinski definition) is 0. The topological polar surface area (TPSA) is 0 Å². The molecule has 0 heterocycles. The van der Waals surface area contributed by atoms with Crippen molar-refractivity contribution in [3.05, 3.63) is 65.8 Å². The number of benzene rings is 1. The second-order valence-electron chi connectivity index (χ2n) is 4.38. The molecule has 17 heavy (non-hydrogen) atoms. The first-order chi connectivity index (χ1) is 8.36. The van der Waals surface area contributed by atoms with Crippen LogP contribution in [-0.4, -0.2) is 0 Å². The van der Waals surface area contributed by atoms with Gasteiger partial charge in [-0.3, -0.25) is 0 Å². The van der Waals surface area contributed by atoms with Crippen LogP contribution in [0.15, 0.2) is 54.7 Å². The van der Waals surface area contributed by atoms with Gasteiger partial charge in [-0.2, -0.15) is 0 Å². The van der Waals surface area contributed by atoms with Crippen LogP contribution in [0.25, 0.3) is 11.1 Å². The molecule has 0 nitrogen and oxygen atoms in total. The number of rotatable bonds is 2. The molecule has 0 saturated heterocycles. The zero-order valence-corrected chi connectivity index (χ0v) is 11.2. The molecule has 1 aromatic rings. The van der Waals surface area contributed by atoms with Gasteiger partial charge in [0.05, 0.1) is 0 Å². The minimum atomic E-state index is 0. The third-order valence-electron chi connectivity index (χ3n) is 3.27. The van der Waals surface area contributed by atoms with Crippen LogP contribution in [-0.2, 0) is 20.4 Å². The van der Waals surface area contributed by atoms with Gasteiger partial charge in [-0.05, 0) is 0 Å². The zero-order chi connectivity index (χ0) is 11.7. The summed E-state index contributed by atoms with van der Waals surface area (Å²) >= 11 is 2.21. The molecule has 2 aliphatic rings. The first-order valence-electron chi connectivity index (χ1n) is 5.93. The Hall–Kier alpha value is -1.11. The van der Waals surface area contributed by atoms with Crippen molar-refractivity contribution in [3.63, 3.8) is 0 Å². The van der Waals surface area contributed by atoms with E-state index in [1.165, 1.54) is 26.1 Å². The molecule has 0 spiro atoms. The first-order valence-corrected chi connectivity index (χ1v) is 6.71. The quantitative estimate of drug-likeness (QED) is 0.706. The molecule has 0 fully saturated rings. The zero-order valence-electron chi connectivity index (χ0n) is 10.6. The van der Waals surface area contributed by atoms with Gasteiger partial charge in [-0.15, -0.1) is 0 Å². The summed E-state index contributed by atoms with van der Waals surface area (Å²) < 4.78 is 1.38. The Bertz CT molecular complexity index is 577. The number of allylic oxidation sites excluding steroid dienone is 8. The van der Waals surface area contributed by atoms with Crippen molar-refractivity contribution in [3.8, 4) is 0 Å². The second-order valence-corrected chi connectivity index (χ2v) is 5.22. The Labute approximate surface area is 115 Å². The van der Waals surface area contributed by atoms with Crippen molar-refractivity contribution in [1.82, 2.24) is 0 Å². The molecule has 1 aromatic carbocycles. The van der Waals surface area contributed by atoms with E-state index in [0.29, 0.717) is 0 Å². The first kappa shape index (κ1) is 11.0. The molecule has 0 atom stereocenters. The summed E-state index contributed by atoms with van der Waals surface area (Å²) in [6.45, 7) is 0. The van der Waals surface area contributed by atoms with Gasteiger partial charge < -0.3 is 1.43 Å². The Kier molecular flexibility index (Phi) is 3.01. The molecular formula is C16H14Ti-. The fourth-order valence-corrected chi connectivity index (χ4v) is 3.06. The molecule has 0 unspecified atom stereocenters. The average Bonchev–Trinajstić information content (AvgIpc) is 3.02. The van der Waals surface area contributed by atoms with Crippen molar-refractivity contribution in [2.45, 2.75) is 12.8 Å². The van der Waals surface area contributed by atoms with Crippen LogP contribution in [0.5, 0.6) is 0 Å². The molecule has 3 rings (SSSR count). The summed E-state index contributed by atoms with van der Waals surface area (Å²) in [5, 5.41) is 0. The average molecular weight is 254 g/mol. The van der Waals surface area contributed by atoms with Crippen LogP contribution in [0.1, 0.15) is 25.4 Å². The maximum atomic E-state index is 2.25. The fourth-order valence-electron chi connectivity index (χ4n) is 2.45. The summed E-state index contributed by atoms with van der Waals surface area (Å²) in [6.07, 6.45) is 15.4. The van der Waals surface area contributed by atoms with Crippen LogP contribution < -0.4 is 3.87 Å². The molecule has 0 N–H and O–H groups in total. The molecule has 0 amide bonds. The monoisotopic (exact) mass is 254 g/mol. The van der Waals surface area contributed by atoms with E-state index in [1.54, 1.807) is 0 Å². The molecule has 83 valence electrons. The second kappa shape index (κ2) is 4.64. The molecule has 0 saturated carbocycles. The Balaban J connectivity index is 0.00000120. The van der Waals surface area contributed by atoms with Gasteiger partial charge in [0.2, 0.25) is 0 Å². The number of hydrogen-bond donors (Lipinski definition) is 0. The fraction of sp³-hybridized carbons (Fsp3) is 0.125. The van der Waals surface area contributed by atoms with E-state index >= 15 is 0 Å². The van der Waals surface area contributed by atoms with Crippen molar-refractivity contribution in [1.29, 1.82) is 0 Å². The van der Waals surface area contributed by atoms with E-state index in [-0.39, 0.29) is 1.43 Å². The van der Waals surface area contributed by atoms with Gasteiger partial charge in [0.25, 0.3) is 0 Å². The van der Waals surface area contributed by atoms with Crippen LogP contribution in [0.2, 0.25) is 0 Å². The van der Waals surface area contributed by atoms with Gasteiger partial charge in [-0.1, -0.05) is 0 Å². The van der Waals surface area contributed by atoms with Gasteiger partial charge in [0.15, 0.2) is 0 Å². The van der Waals surface area contributed by atoms with E-state index in [9.17, 15) is 0 Å².